The first-order valence-electron chi connectivity index (χ1n) is 20.3. The van der Waals surface area contributed by atoms with E-state index in [9.17, 15) is 14.4 Å². The normalized spacial score (nSPS) is 21.8. The number of fused-ring (bicyclic) bond motifs is 2. The molecule has 4 saturated heterocycles. The quantitative estimate of drug-likeness (QED) is 0.131. The molecule has 0 saturated carbocycles. The summed E-state index contributed by atoms with van der Waals surface area (Å²) < 4.78 is 16.7. The predicted molar refractivity (Wildman–Crippen MR) is 221 cm³/mol. The number of aromatic nitrogens is 3. The van der Waals surface area contributed by atoms with Crippen LogP contribution in [0.25, 0.3) is 11.0 Å². The number of nitrogens with one attached hydrogen (secondary N) is 2. The Morgan fingerprint density at radius 3 is 2.66 bits per heavy atom. The third-order valence-electron chi connectivity index (χ3n) is 12.8. The number of methoxy groups -OCH3 is 1. The van der Waals surface area contributed by atoms with Crippen molar-refractivity contribution in [1.82, 2.24) is 30.1 Å². The number of hydrogen-bond acceptors (Lipinski definition) is 12. The van der Waals surface area contributed by atoms with Crippen LogP contribution in [0.5, 0.6) is 5.75 Å². The monoisotopic (exact) mass is 801 g/mol. The van der Waals surface area contributed by atoms with E-state index in [2.05, 4.69) is 71.4 Å². The minimum absolute atomic E-state index is 0.121. The summed E-state index contributed by atoms with van der Waals surface area (Å²) in [6.45, 7) is 8.62. The highest BCUT2D eigenvalue weighted by Gasteiger charge is 2.45. The minimum Gasteiger partial charge on any atom is -0.496 e. The van der Waals surface area contributed by atoms with Crippen molar-refractivity contribution < 1.29 is 23.6 Å². The van der Waals surface area contributed by atoms with Crippen molar-refractivity contribution in [2.75, 3.05) is 67.4 Å². The number of piperidine rings is 2. The van der Waals surface area contributed by atoms with Crippen molar-refractivity contribution in [3.63, 3.8) is 0 Å². The maximum atomic E-state index is 13.2. The molecular formula is C43H47N9O5S. The maximum absolute atomic E-state index is 13.2. The van der Waals surface area contributed by atoms with Crippen LogP contribution < -0.4 is 24.6 Å². The van der Waals surface area contributed by atoms with E-state index in [1.54, 1.807) is 18.2 Å². The van der Waals surface area contributed by atoms with Gasteiger partial charge in [-0.15, -0.1) is 0 Å². The zero-order chi connectivity index (χ0) is 39.4. The Hall–Kier alpha value is -5.54. The van der Waals surface area contributed by atoms with Crippen molar-refractivity contribution in [3.8, 4) is 5.75 Å². The molecule has 3 amide bonds. The van der Waals surface area contributed by atoms with Gasteiger partial charge in [0.2, 0.25) is 11.8 Å². The molecule has 0 aliphatic carbocycles. The zero-order valence-electron chi connectivity index (χ0n) is 32.6. The van der Waals surface area contributed by atoms with Gasteiger partial charge >= 0.3 is 0 Å². The number of anilines is 3. The molecule has 2 N–H and O–H groups in total. The first kappa shape index (κ1) is 36.8. The number of imide groups is 1. The first-order valence-corrected chi connectivity index (χ1v) is 21.1. The average molecular weight is 802 g/mol. The Kier molecular flexibility index (Phi) is 9.51. The molecule has 3 aromatic carbocycles. The highest BCUT2D eigenvalue weighted by molar-refractivity contribution is 8.00. The summed E-state index contributed by atoms with van der Waals surface area (Å²) in [4.78, 5) is 47.7. The number of nitrogens with zero attached hydrogens (tertiary/aromatic N) is 7. The van der Waals surface area contributed by atoms with Crippen LogP contribution in [0.3, 0.4) is 0 Å². The van der Waals surface area contributed by atoms with Crippen LogP contribution >= 0.6 is 11.9 Å². The van der Waals surface area contributed by atoms with E-state index in [1.807, 2.05) is 35.1 Å². The summed E-state index contributed by atoms with van der Waals surface area (Å²) in [6, 6.07) is 20.1. The lowest BCUT2D eigenvalue weighted by Gasteiger charge is -2.55. The summed E-state index contributed by atoms with van der Waals surface area (Å²) in [6.07, 6.45) is 7.94. The highest BCUT2D eigenvalue weighted by atomic mass is 32.2. The number of carbonyl (C=O) groups is 3. The van der Waals surface area contributed by atoms with Crippen LogP contribution in [0.15, 0.2) is 82.5 Å². The average Bonchev–Trinajstić information content (AvgIpc) is 4.05. The summed E-state index contributed by atoms with van der Waals surface area (Å²) in [5.74, 6) is 1.19. The molecule has 5 aliphatic heterocycles. The molecule has 10 rings (SSSR count). The number of ether oxygens (including phenoxy) is 1. The Morgan fingerprint density at radius 1 is 0.983 bits per heavy atom. The van der Waals surface area contributed by atoms with E-state index in [-0.39, 0.29) is 24.1 Å². The van der Waals surface area contributed by atoms with Gasteiger partial charge in [0, 0.05) is 85.3 Å². The van der Waals surface area contributed by atoms with Gasteiger partial charge < -0.3 is 33.6 Å². The molecule has 58 heavy (non-hydrogen) atoms. The van der Waals surface area contributed by atoms with Gasteiger partial charge in [-0.25, -0.2) is 0 Å². The fourth-order valence-corrected chi connectivity index (χ4v) is 10.3. The second-order valence-corrected chi connectivity index (χ2v) is 17.5. The van der Waals surface area contributed by atoms with Crippen molar-refractivity contribution in [2.45, 2.75) is 56.1 Å². The fraction of sp³-hybridized carbons (Fsp3) is 0.419. The van der Waals surface area contributed by atoms with Crippen molar-refractivity contribution >= 4 is 57.8 Å². The fourth-order valence-electron chi connectivity index (χ4n) is 9.66. The Bertz CT molecular complexity index is 2370. The summed E-state index contributed by atoms with van der Waals surface area (Å²) in [5.41, 5.74) is 6.09. The molecule has 2 unspecified atom stereocenters. The van der Waals surface area contributed by atoms with E-state index in [1.165, 1.54) is 30.5 Å². The molecule has 1 spiro atoms. The van der Waals surface area contributed by atoms with Gasteiger partial charge in [0.1, 0.15) is 17.2 Å². The van der Waals surface area contributed by atoms with Gasteiger partial charge in [-0.3, -0.25) is 24.4 Å². The van der Waals surface area contributed by atoms with Crippen LogP contribution in [0.2, 0.25) is 0 Å². The molecule has 5 aromatic rings. The van der Waals surface area contributed by atoms with E-state index in [0.717, 1.165) is 79.3 Å². The van der Waals surface area contributed by atoms with Crippen LogP contribution in [0.1, 0.15) is 53.6 Å². The number of carbonyl (C=O) groups excluding carboxylic acids is 3. The Labute approximate surface area is 340 Å². The SMILES string of the molecule is COc1cc(Cn2cccn2)cc2onc(NSc3cccc(N4CC5(CCN(CC6CCN(c7ccc8c(c7)CN(C7CCC(=O)NC7=O)C8=O)C6)CC5)C4)c3)c12. The molecule has 4 fully saturated rings. The summed E-state index contributed by atoms with van der Waals surface area (Å²) in [7, 11) is 1.67. The molecule has 14 nitrogen and oxygen atoms in total. The van der Waals surface area contributed by atoms with Crippen LogP contribution in [0.4, 0.5) is 17.2 Å². The lowest BCUT2D eigenvalue weighted by Crippen LogP contribution is -2.60. The lowest BCUT2D eigenvalue weighted by atomic mass is 9.71. The molecule has 0 bridgehead atoms. The van der Waals surface area contributed by atoms with Crippen LogP contribution in [-0.2, 0) is 22.7 Å². The standard InChI is InChI=1S/C43H47N9O5S/c1-56-36-18-29(24-51-14-3-13-44-51)19-37-39(36)40(46-57-37)47-58-33-5-2-4-31(21-33)50-26-43(27-50)11-16-48(17-12-43)22-28-10-15-49(23-28)32-6-7-34-30(20-32)25-52(42(34)55)35-8-9-38(53)45-41(35)54/h2-7,13-14,18-21,28,35H,8-12,15-17,22-27H2,1H3,(H,46,47)(H,45,53,54). The number of rotatable bonds is 11. The topological polar surface area (TPSA) is 141 Å². The second-order valence-electron chi connectivity index (χ2n) is 16.6. The van der Waals surface area contributed by atoms with Gasteiger partial charge in [-0.2, -0.15) is 5.10 Å². The zero-order valence-corrected chi connectivity index (χ0v) is 33.4. The van der Waals surface area contributed by atoms with Crippen molar-refractivity contribution in [2.24, 2.45) is 11.3 Å². The van der Waals surface area contributed by atoms with E-state index >= 15 is 0 Å². The van der Waals surface area contributed by atoms with Crippen molar-refractivity contribution in [1.29, 1.82) is 0 Å². The van der Waals surface area contributed by atoms with Crippen molar-refractivity contribution in [3.05, 3.63) is 89.7 Å². The Balaban J connectivity index is 0.694. The summed E-state index contributed by atoms with van der Waals surface area (Å²) >= 11 is 1.52. The molecule has 7 heterocycles. The number of likely N-dealkylation sites (tertiary alicyclic amines) is 1. The number of hydrogen-bond donors (Lipinski definition) is 2. The maximum Gasteiger partial charge on any atom is 0.255 e. The van der Waals surface area contributed by atoms with E-state index in [4.69, 9.17) is 9.26 Å². The van der Waals surface area contributed by atoms with E-state index in [0.29, 0.717) is 53.6 Å². The van der Waals surface area contributed by atoms with Crippen LogP contribution in [0, 0.1) is 11.3 Å². The smallest absolute Gasteiger partial charge is 0.255 e. The molecule has 15 heteroatoms. The van der Waals surface area contributed by atoms with Crippen LogP contribution in [-0.4, -0.2) is 101 Å². The predicted octanol–water partition coefficient (Wildman–Crippen LogP) is 5.39. The third-order valence-corrected chi connectivity index (χ3v) is 13.6. The second kappa shape index (κ2) is 15.0. The van der Waals surface area contributed by atoms with Gasteiger partial charge in [0.15, 0.2) is 11.4 Å². The van der Waals surface area contributed by atoms with Gasteiger partial charge in [-0.05, 0) is 122 Å². The summed E-state index contributed by atoms with van der Waals surface area (Å²) in [5, 5.41) is 11.8. The highest BCUT2D eigenvalue weighted by Crippen LogP contribution is 2.44. The number of benzene rings is 3. The molecule has 5 aliphatic rings. The van der Waals surface area contributed by atoms with Gasteiger partial charge in [0.25, 0.3) is 5.91 Å². The Morgan fingerprint density at radius 2 is 1.84 bits per heavy atom. The molecule has 2 aromatic heterocycles. The molecule has 300 valence electrons. The number of amides is 3. The third kappa shape index (κ3) is 7.04. The largest absolute Gasteiger partial charge is 0.496 e. The van der Waals surface area contributed by atoms with E-state index < -0.39 is 6.04 Å². The molecule has 2 atom stereocenters. The molecule has 0 radical (unpaired) electrons. The molecular weight excluding hydrogens is 755 g/mol. The minimum atomic E-state index is -0.588. The van der Waals surface area contributed by atoms with Gasteiger partial charge in [-0.1, -0.05) is 11.2 Å². The first-order chi connectivity index (χ1) is 28.3. The van der Waals surface area contributed by atoms with Gasteiger partial charge in [0.05, 0.1) is 13.7 Å². The lowest BCUT2D eigenvalue weighted by molar-refractivity contribution is -0.136.